The van der Waals surface area contributed by atoms with Crippen molar-refractivity contribution in [1.29, 1.82) is 0 Å². The molecule has 0 fully saturated rings. The number of fused-ring (bicyclic) bond motifs is 1. The predicted molar refractivity (Wildman–Crippen MR) is 91.9 cm³/mol. The van der Waals surface area contributed by atoms with Crippen LogP contribution in [0.5, 0.6) is 28.7 Å². The lowest BCUT2D eigenvalue weighted by Crippen LogP contribution is -1.99. The molecule has 0 amide bonds. The van der Waals surface area contributed by atoms with Crippen LogP contribution in [0, 0.1) is 6.92 Å². The normalized spacial score (nSPS) is 14.2. The van der Waals surface area contributed by atoms with E-state index >= 15 is 0 Å². The van der Waals surface area contributed by atoms with Crippen LogP contribution < -0.4 is 18.9 Å². The number of Topliss-reactive ketones (excluding diaryl/α,β-unsaturated/α-hetero) is 1. The number of phenolic OH excluding ortho intramolecular Hbond substituents is 1. The second-order valence-electron chi connectivity index (χ2n) is 5.56. The molecule has 2 aromatic carbocycles. The maximum absolute atomic E-state index is 12.5. The number of benzene rings is 2. The Balaban J connectivity index is 2.05. The highest BCUT2D eigenvalue weighted by atomic mass is 16.5. The van der Waals surface area contributed by atoms with Gasteiger partial charge in [-0.1, -0.05) is 0 Å². The molecule has 1 aliphatic heterocycles. The Morgan fingerprint density at radius 2 is 1.64 bits per heavy atom. The lowest BCUT2D eigenvalue weighted by Gasteiger charge is -2.13. The number of ketones is 1. The largest absolute Gasteiger partial charge is 0.507 e. The van der Waals surface area contributed by atoms with E-state index in [4.69, 9.17) is 18.9 Å². The number of aryl methyl sites for hydroxylation is 1. The molecule has 0 spiro atoms. The van der Waals surface area contributed by atoms with Gasteiger partial charge in [0.1, 0.15) is 17.1 Å². The summed E-state index contributed by atoms with van der Waals surface area (Å²) in [4.78, 5) is 12.5. The summed E-state index contributed by atoms with van der Waals surface area (Å²) < 4.78 is 21.5. The quantitative estimate of drug-likeness (QED) is 0.859. The molecule has 6 nitrogen and oxygen atoms in total. The molecule has 0 saturated heterocycles. The van der Waals surface area contributed by atoms with E-state index in [1.54, 1.807) is 24.3 Å². The lowest BCUT2D eigenvalue weighted by molar-refractivity contribution is 0.101. The lowest BCUT2D eigenvalue weighted by atomic mass is 10.1. The van der Waals surface area contributed by atoms with Gasteiger partial charge in [0.05, 0.1) is 21.3 Å². The molecule has 1 heterocycles. The van der Waals surface area contributed by atoms with Crippen molar-refractivity contribution in [3.05, 3.63) is 46.7 Å². The van der Waals surface area contributed by atoms with Crippen molar-refractivity contribution in [2.45, 2.75) is 6.92 Å². The number of hydrogen-bond donors (Lipinski definition) is 1. The molecule has 0 atom stereocenters. The second kappa shape index (κ2) is 6.39. The Morgan fingerprint density at radius 3 is 2.20 bits per heavy atom. The molecule has 1 N–H and O–H groups in total. The van der Waals surface area contributed by atoms with E-state index < -0.39 is 0 Å². The summed E-state index contributed by atoms with van der Waals surface area (Å²) in [6.45, 7) is 1.81. The summed E-state index contributed by atoms with van der Waals surface area (Å²) in [5.74, 6) is 1.40. The van der Waals surface area contributed by atoms with E-state index in [-0.39, 0.29) is 22.9 Å². The van der Waals surface area contributed by atoms with Crippen molar-refractivity contribution in [2.75, 3.05) is 21.3 Å². The van der Waals surface area contributed by atoms with Gasteiger partial charge in [-0.2, -0.15) is 0 Å². The molecule has 0 radical (unpaired) electrons. The number of rotatable bonds is 4. The Kier molecular flexibility index (Phi) is 4.27. The zero-order chi connectivity index (χ0) is 18.1. The Bertz CT molecular complexity index is 857. The van der Waals surface area contributed by atoms with Gasteiger partial charge in [-0.15, -0.1) is 0 Å². The number of ether oxygens (including phenoxy) is 4. The number of allylic oxidation sites excluding steroid dienone is 1. The third-order valence-electron chi connectivity index (χ3n) is 3.88. The van der Waals surface area contributed by atoms with E-state index in [0.717, 1.165) is 5.56 Å². The van der Waals surface area contributed by atoms with Crippen LogP contribution in [0.2, 0.25) is 0 Å². The molecule has 25 heavy (non-hydrogen) atoms. The highest BCUT2D eigenvalue weighted by Gasteiger charge is 2.31. The molecule has 2 aromatic rings. The van der Waals surface area contributed by atoms with E-state index in [0.29, 0.717) is 28.6 Å². The highest BCUT2D eigenvalue weighted by Crippen LogP contribution is 2.41. The molecule has 3 rings (SSSR count). The topological polar surface area (TPSA) is 74.2 Å². The van der Waals surface area contributed by atoms with Crippen LogP contribution in [0.3, 0.4) is 0 Å². The van der Waals surface area contributed by atoms with E-state index in [1.165, 1.54) is 27.4 Å². The van der Waals surface area contributed by atoms with Crippen molar-refractivity contribution in [3.63, 3.8) is 0 Å². The monoisotopic (exact) mass is 342 g/mol. The fourth-order valence-electron chi connectivity index (χ4n) is 2.76. The Labute approximate surface area is 145 Å². The van der Waals surface area contributed by atoms with Crippen LogP contribution in [0.4, 0.5) is 0 Å². The third kappa shape index (κ3) is 2.87. The van der Waals surface area contributed by atoms with Crippen molar-refractivity contribution >= 4 is 11.9 Å². The average molecular weight is 342 g/mol. The van der Waals surface area contributed by atoms with Crippen LogP contribution in [0.1, 0.15) is 21.5 Å². The molecular formula is C19H18O6. The molecule has 0 unspecified atom stereocenters. The summed E-state index contributed by atoms with van der Waals surface area (Å²) in [5.41, 5.74) is 1.62. The van der Waals surface area contributed by atoms with E-state index in [9.17, 15) is 9.90 Å². The first-order valence-electron chi connectivity index (χ1n) is 7.56. The maximum Gasteiger partial charge on any atom is 0.235 e. The number of phenols is 1. The fraction of sp³-hybridized carbons (Fsp3) is 0.211. The van der Waals surface area contributed by atoms with Gasteiger partial charge in [0.25, 0.3) is 0 Å². The number of hydrogen-bond acceptors (Lipinski definition) is 6. The Hall–Kier alpha value is -3.15. The predicted octanol–water partition coefficient (Wildman–Crippen LogP) is 3.34. The number of carbonyl (C=O) groups is 1. The number of carbonyl (C=O) groups excluding carboxylic acids is 1. The van der Waals surface area contributed by atoms with Crippen LogP contribution in [0.15, 0.2) is 30.0 Å². The van der Waals surface area contributed by atoms with Crippen molar-refractivity contribution in [1.82, 2.24) is 0 Å². The first-order valence-corrected chi connectivity index (χ1v) is 7.56. The molecular weight excluding hydrogens is 324 g/mol. The van der Waals surface area contributed by atoms with Crippen LogP contribution in [-0.2, 0) is 0 Å². The second-order valence-corrected chi connectivity index (χ2v) is 5.56. The number of aromatic hydroxyl groups is 1. The fourth-order valence-corrected chi connectivity index (χ4v) is 2.76. The third-order valence-corrected chi connectivity index (χ3v) is 3.88. The zero-order valence-electron chi connectivity index (χ0n) is 14.4. The summed E-state index contributed by atoms with van der Waals surface area (Å²) >= 11 is 0. The molecule has 0 bridgehead atoms. The van der Waals surface area contributed by atoms with E-state index in [2.05, 4.69) is 0 Å². The van der Waals surface area contributed by atoms with Gasteiger partial charge < -0.3 is 24.1 Å². The minimum absolute atomic E-state index is 0.0895. The van der Waals surface area contributed by atoms with E-state index in [1.807, 2.05) is 6.92 Å². The summed E-state index contributed by atoms with van der Waals surface area (Å²) in [6, 6.07) is 6.66. The van der Waals surface area contributed by atoms with Crippen molar-refractivity contribution in [3.8, 4) is 28.7 Å². The van der Waals surface area contributed by atoms with Crippen LogP contribution in [0.25, 0.3) is 6.08 Å². The van der Waals surface area contributed by atoms with Gasteiger partial charge >= 0.3 is 0 Å². The smallest absolute Gasteiger partial charge is 0.235 e. The van der Waals surface area contributed by atoms with Gasteiger partial charge in [0.2, 0.25) is 11.5 Å². The minimum atomic E-state index is -0.374. The Morgan fingerprint density at radius 1 is 1.00 bits per heavy atom. The maximum atomic E-state index is 12.5. The molecule has 0 aromatic heterocycles. The SMILES string of the molecule is COc1cc(/C=C2\Oc3cc(C)cc(O)c3C2=O)cc(OC)c1OC. The first-order chi connectivity index (χ1) is 12.0. The van der Waals surface area contributed by atoms with Gasteiger partial charge in [-0.3, -0.25) is 4.79 Å². The zero-order valence-corrected chi connectivity index (χ0v) is 14.4. The molecule has 0 saturated carbocycles. The minimum Gasteiger partial charge on any atom is -0.507 e. The van der Waals surface area contributed by atoms with Crippen molar-refractivity contribution < 1.29 is 28.8 Å². The molecule has 0 aliphatic carbocycles. The summed E-state index contributed by atoms with van der Waals surface area (Å²) in [7, 11) is 4.55. The van der Waals surface area contributed by atoms with Gasteiger partial charge in [0, 0.05) is 0 Å². The molecule has 6 heteroatoms. The molecule has 1 aliphatic rings. The highest BCUT2D eigenvalue weighted by molar-refractivity contribution is 6.16. The van der Waals surface area contributed by atoms with Gasteiger partial charge in [-0.05, 0) is 48.4 Å². The summed E-state index contributed by atoms with van der Waals surface area (Å²) in [6.07, 6.45) is 1.57. The van der Waals surface area contributed by atoms with Crippen LogP contribution >= 0.6 is 0 Å². The molecule has 130 valence electrons. The van der Waals surface area contributed by atoms with Crippen LogP contribution in [-0.4, -0.2) is 32.2 Å². The average Bonchev–Trinajstić information content (AvgIpc) is 2.89. The number of methoxy groups -OCH3 is 3. The van der Waals surface area contributed by atoms with Gasteiger partial charge in [0.15, 0.2) is 17.3 Å². The standard InChI is InChI=1S/C19H18O6/c1-10-5-12(20)17-13(6-10)25-14(18(17)21)7-11-8-15(22-2)19(24-4)16(9-11)23-3/h5-9,20H,1-4H3/b14-7-. The summed E-state index contributed by atoms with van der Waals surface area (Å²) in [5, 5.41) is 10.0. The van der Waals surface area contributed by atoms with Gasteiger partial charge in [-0.25, -0.2) is 0 Å². The van der Waals surface area contributed by atoms with Crippen molar-refractivity contribution in [2.24, 2.45) is 0 Å². The first kappa shape index (κ1) is 16.7.